The van der Waals surface area contributed by atoms with Gasteiger partial charge in [-0.3, -0.25) is 4.79 Å². The molecular formula is C23H22N2O3S. The van der Waals surface area contributed by atoms with E-state index >= 15 is 0 Å². The Morgan fingerprint density at radius 2 is 1.86 bits per heavy atom. The lowest BCUT2D eigenvalue weighted by atomic mass is 9.90. The van der Waals surface area contributed by atoms with Gasteiger partial charge in [0.2, 0.25) is 0 Å². The van der Waals surface area contributed by atoms with Crippen molar-refractivity contribution in [1.82, 2.24) is 4.57 Å². The maximum absolute atomic E-state index is 12.9. The zero-order valence-corrected chi connectivity index (χ0v) is 17.0. The van der Waals surface area contributed by atoms with E-state index in [1.54, 1.807) is 0 Å². The summed E-state index contributed by atoms with van der Waals surface area (Å²) in [6.07, 6.45) is 6.37. The molecule has 2 aliphatic rings. The van der Waals surface area contributed by atoms with Crippen LogP contribution in [0.25, 0.3) is 10.2 Å². The Balaban J connectivity index is 1.59. The normalized spacial score (nSPS) is 15.9. The highest BCUT2D eigenvalue weighted by atomic mass is 32.1. The molecule has 1 aromatic heterocycles. The number of thiazole rings is 1. The Bertz CT molecular complexity index is 1190. The summed E-state index contributed by atoms with van der Waals surface area (Å²) in [4.78, 5) is 18.1. The molecule has 3 aromatic rings. The van der Waals surface area contributed by atoms with E-state index in [1.807, 2.05) is 34.9 Å². The van der Waals surface area contributed by atoms with Crippen molar-refractivity contribution in [3.05, 3.63) is 64.5 Å². The molecule has 5 nitrogen and oxygen atoms in total. The highest BCUT2D eigenvalue weighted by Crippen LogP contribution is 2.35. The van der Waals surface area contributed by atoms with Crippen molar-refractivity contribution >= 4 is 27.5 Å². The predicted octanol–water partition coefficient (Wildman–Crippen LogP) is 4.28. The highest BCUT2D eigenvalue weighted by molar-refractivity contribution is 7.16. The number of fused-ring (bicyclic) bond motifs is 3. The van der Waals surface area contributed by atoms with Gasteiger partial charge in [0, 0.05) is 24.2 Å². The van der Waals surface area contributed by atoms with Gasteiger partial charge >= 0.3 is 0 Å². The first-order valence-corrected chi connectivity index (χ1v) is 10.8. The van der Waals surface area contributed by atoms with Gasteiger partial charge in [-0.25, -0.2) is 0 Å². The number of nitrogens with zero attached hydrogens (tertiary/aromatic N) is 2. The third kappa shape index (κ3) is 3.38. The molecule has 29 heavy (non-hydrogen) atoms. The van der Waals surface area contributed by atoms with Crippen LogP contribution >= 0.6 is 11.3 Å². The van der Waals surface area contributed by atoms with Crippen molar-refractivity contribution in [3.8, 4) is 11.5 Å². The van der Waals surface area contributed by atoms with E-state index in [1.165, 1.54) is 35.3 Å². The van der Waals surface area contributed by atoms with Gasteiger partial charge in [-0.15, -0.1) is 6.58 Å². The van der Waals surface area contributed by atoms with Crippen LogP contribution in [-0.2, 0) is 19.4 Å². The largest absolute Gasteiger partial charge is 0.486 e. The summed E-state index contributed by atoms with van der Waals surface area (Å²) in [5, 5.41) is 0. The van der Waals surface area contributed by atoms with Crippen LogP contribution in [0.1, 0.15) is 34.3 Å². The number of benzene rings is 2. The molecule has 2 heterocycles. The fraction of sp³-hybridized carbons (Fsp3) is 0.304. The van der Waals surface area contributed by atoms with Crippen molar-refractivity contribution in [2.45, 2.75) is 32.2 Å². The summed E-state index contributed by atoms with van der Waals surface area (Å²) in [6.45, 7) is 5.51. The minimum atomic E-state index is -0.208. The average Bonchev–Trinajstić information content (AvgIpc) is 3.08. The molecule has 0 saturated heterocycles. The van der Waals surface area contributed by atoms with Crippen LogP contribution in [0.5, 0.6) is 11.5 Å². The van der Waals surface area contributed by atoms with Crippen LogP contribution in [0.15, 0.2) is 48.0 Å². The molecule has 6 heteroatoms. The first-order valence-electron chi connectivity index (χ1n) is 9.97. The predicted molar refractivity (Wildman–Crippen MR) is 114 cm³/mol. The van der Waals surface area contributed by atoms with E-state index in [0.29, 0.717) is 30.1 Å². The van der Waals surface area contributed by atoms with Gasteiger partial charge in [0.1, 0.15) is 13.2 Å². The van der Waals surface area contributed by atoms with Crippen molar-refractivity contribution in [1.29, 1.82) is 0 Å². The molecule has 0 radical (unpaired) electrons. The van der Waals surface area contributed by atoms with E-state index in [2.05, 4.69) is 17.6 Å². The molecule has 1 aliphatic heterocycles. The van der Waals surface area contributed by atoms with Gasteiger partial charge in [0.05, 0.1) is 10.2 Å². The van der Waals surface area contributed by atoms with Crippen molar-refractivity contribution in [3.63, 3.8) is 0 Å². The second-order valence-corrected chi connectivity index (χ2v) is 8.36. The number of aryl methyl sites for hydroxylation is 2. The summed E-state index contributed by atoms with van der Waals surface area (Å²) in [7, 11) is 0. The number of amides is 1. The van der Waals surface area contributed by atoms with Crippen molar-refractivity contribution in [2.24, 2.45) is 4.99 Å². The molecule has 0 N–H and O–H groups in total. The SMILES string of the molecule is C=CCn1c(=NC(=O)c2ccc3c(c2)CCCC3)sc2cc3c(cc21)OCCO3. The topological polar surface area (TPSA) is 52.8 Å². The molecule has 2 aromatic carbocycles. The molecule has 0 saturated carbocycles. The van der Waals surface area contributed by atoms with Gasteiger partial charge in [0.25, 0.3) is 5.91 Å². The minimum Gasteiger partial charge on any atom is -0.486 e. The van der Waals surface area contributed by atoms with Crippen LogP contribution in [-0.4, -0.2) is 23.7 Å². The molecular weight excluding hydrogens is 384 g/mol. The van der Waals surface area contributed by atoms with Crippen LogP contribution < -0.4 is 14.3 Å². The Labute approximate surface area is 172 Å². The quantitative estimate of drug-likeness (QED) is 0.610. The van der Waals surface area contributed by atoms with Crippen LogP contribution in [0, 0.1) is 0 Å². The van der Waals surface area contributed by atoms with Crippen LogP contribution in [0.3, 0.4) is 0 Å². The van der Waals surface area contributed by atoms with Gasteiger partial charge in [-0.2, -0.15) is 4.99 Å². The van der Waals surface area contributed by atoms with E-state index < -0.39 is 0 Å². The van der Waals surface area contributed by atoms with E-state index in [4.69, 9.17) is 9.47 Å². The monoisotopic (exact) mass is 406 g/mol. The van der Waals surface area contributed by atoms with Crippen molar-refractivity contribution in [2.75, 3.05) is 13.2 Å². The van der Waals surface area contributed by atoms with Gasteiger partial charge in [0.15, 0.2) is 16.3 Å². The van der Waals surface area contributed by atoms with Crippen LogP contribution in [0.2, 0.25) is 0 Å². The van der Waals surface area contributed by atoms with E-state index in [-0.39, 0.29) is 5.91 Å². The number of hydrogen-bond acceptors (Lipinski definition) is 4. The number of hydrogen-bond donors (Lipinski definition) is 0. The third-order valence-corrected chi connectivity index (χ3v) is 6.49. The first kappa shape index (κ1) is 18.2. The number of carbonyl (C=O) groups is 1. The fourth-order valence-electron chi connectivity index (χ4n) is 4.02. The smallest absolute Gasteiger partial charge is 0.279 e. The number of rotatable bonds is 3. The number of aromatic nitrogens is 1. The summed E-state index contributed by atoms with van der Waals surface area (Å²) >= 11 is 1.48. The summed E-state index contributed by atoms with van der Waals surface area (Å²) in [5.74, 6) is 1.26. The molecule has 0 bridgehead atoms. The fourth-order valence-corrected chi connectivity index (χ4v) is 5.06. The molecule has 0 fully saturated rings. The Morgan fingerprint density at radius 1 is 1.10 bits per heavy atom. The van der Waals surface area contributed by atoms with Crippen molar-refractivity contribution < 1.29 is 14.3 Å². The minimum absolute atomic E-state index is 0.208. The molecule has 1 aliphatic carbocycles. The summed E-state index contributed by atoms with van der Waals surface area (Å²) in [6, 6.07) is 9.94. The van der Waals surface area contributed by atoms with E-state index in [9.17, 15) is 4.79 Å². The lowest BCUT2D eigenvalue weighted by Crippen LogP contribution is -2.17. The number of carbonyl (C=O) groups excluding carboxylic acids is 1. The molecule has 0 atom stereocenters. The average molecular weight is 407 g/mol. The summed E-state index contributed by atoms with van der Waals surface area (Å²) < 4.78 is 14.4. The van der Waals surface area contributed by atoms with Crippen LogP contribution in [0.4, 0.5) is 0 Å². The Morgan fingerprint density at radius 3 is 2.66 bits per heavy atom. The molecule has 5 rings (SSSR count). The maximum Gasteiger partial charge on any atom is 0.279 e. The zero-order valence-electron chi connectivity index (χ0n) is 16.1. The zero-order chi connectivity index (χ0) is 19.8. The summed E-state index contributed by atoms with van der Waals surface area (Å²) in [5.41, 5.74) is 4.27. The highest BCUT2D eigenvalue weighted by Gasteiger charge is 2.17. The maximum atomic E-state index is 12.9. The lowest BCUT2D eigenvalue weighted by Gasteiger charge is -2.18. The first-order chi connectivity index (χ1) is 14.2. The third-order valence-electron chi connectivity index (χ3n) is 5.45. The molecule has 148 valence electrons. The number of allylic oxidation sites excluding steroid dienone is 1. The molecule has 0 spiro atoms. The van der Waals surface area contributed by atoms with Gasteiger partial charge in [-0.1, -0.05) is 23.5 Å². The lowest BCUT2D eigenvalue weighted by molar-refractivity contribution is 0.0997. The Kier molecular flexibility index (Phi) is 4.72. The second kappa shape index (κ2) is 7.52. The second-order valence-electron chi connectivity index (χ2n) is 7.36. The molecule has 0 unspecified atom stereocenters. The molecule has 1 amide bonds. The van der Waals surface area contributed by atoms with E-state index in [0.717, 1.165) is 34.6 Å². The standard InChI is InChI=1S/C23H22N2O3S/c1-2-9-25-18-13-19-20(28-11-10-27-19)14-21(18)29-23(25)24-22(26)17-8-7-15-5-3-4-6-16(15)12-17/h2,7-8,12-14H,1,3-6,9-11H2. The Hall–Kier alpha value is -2.86. The number of ether oxygens (including phenoxy) is 2. The van der Waals surface area contributed by atoms with Gasteiger partial charge < -0.3 is 14.0 Å². The van der Waals surface area contributed by atoms with Gasteiger partial charge in [-0.05, 0) is 48.9 Å².